The number of H-pyrrole nitrogens is 1. The zero-order valence-electron chi connectivity index (χ0n) is 31.3. The molecule has 4 rings (SSSR count). The Hall–Kier alpha value is -4.19. The molecule has 2 fully saturated rings. The zero-order chi connectivity index (χ0) is 39.0. The predicted molar refractivity (Wildman–Crippen MR) is 200 cm³/mol. The molecule has 0 aliphatic carbocycles. The molecule has 18 heteroatoms. The largest absolute Gasteiger partial charge is 0.444 e. The van der Waals surface area contributed by atoms with Crippen molar-refractivity contribution in [3.63, 3.8) is 0 Å². The van der Waals surface area contributed by atoms with Gasteiger partial charge in [-0.25, -0.2) is 4.79 Å². The van der Waals surface area contributed by atoms with Crippen LogP contribution in [0.4, 0.5) is 4.79 Å². The predicted octanol–water partition coefficient (Wildman–Crippen LogP) is 2.48. The Morgan fingerprint density at radius 2 is 1.68 bits per heavy atom. The summed E-state index contributed by atoms with van der Waals surface area (Å²) in [6.07, 6.45) is 1.18. The minimum atomic E-state index is -1.20. The molecule has 4 atom stereocenters. The van der Waals surface area contributed by atoms with Gasteiger partial charge >= 0.3 is 6.09 Å². The first kappa shape index (κ1) is 41.6. The summed E-state index contributed by atoms with van der Waals surface area (Å²) in [7, 11) is 0. The third-order valence-corrected chi connectivity index (χ3v) is 11.9. The number of tetrazole rings is 1. The van der Waals surface area contributed by atoms with E-state index in [2.05, 4.69) is 41.9 Å². The highest BCUT2D eigenvalue weighted by molar-refractivity contribution is 8.18. The molecule has 5 amide bonds. The first-order valence-electron chi connectivity index (χ1n) is 17.7. The van der Waals surface area contributed by atoms with Crippen molar-refractivity contribution in [3.8, 4) is 0 Å². The average molecular weight is 774 g/mol. The number of nitrogens with zero attached hydrogens (tertiary/aromatic N) is 4. The number of hydrogen-bond donors (Lipinski definition) is 5. The molecule has 2 saturated heterocycles. The maximum atomic E-state index is 14.4. The van der Waals surface area contributed by atoms with Crippen LogP contribution in [0, 0.1) is 5.41 Å². The molecule has 0 radical (unpaired) electrons. The molecular formula is C35H51N9O7S2. The molecule has 2 aromatic rings. The molecule has 290 valence electrons. The maximum absolute atomic E-state index is 14.4. The summed E-state index contributed by atoms with van der Waals surface area (Å²) in [5, 5.41) is 24.5. The molecule has 5 N–H and O–H groups in total. The van der Waals surface area contributed by atoms with Gasteiger partial charge < -0.3 is 30.9 Å². The number of ether oxygens (including phenoxy) is 1. The standard InChI is InChI=1S/C35H51N9O7S2/c1-8-13-22(26(46)30(48)36-19-24(45)38-25(28-40-42-43-41-28)21-14-10-9-11-15-21)37-29(47)23-18-35(52-16-12-17-53-35)20-44(23)31(49)27(33(2,3)4)39-32(50)51-34(5,6)7/h9-11,14-15,22-23,25,27H,8,12-13,16-20H2,1-7H3,(H,36,48)(H,37,47)(H,38,45)(H,39,50)(H,40,41,42,43)/t22?,23-,25?,27-/m0/s1. The molecule has 1 spiro atoms. The Morgan fingerprint density at radius 3 is 2.26 bits per heavy atom. The summed E-state index contributed by atoms with van der Waals surface area (Å²) in [5.41, 5.74) is -0.854. The Balaban J connectivity index is 1.47. The van der Waals surface area contributed by atoms with Crippen molar-refractivity contribution in [1.29, 1.82) is 0 Å². The van der Waals surface area contributed by atoms with Crippen LogP contribution >= 0.6 is 23.5 Å². The number of benzene rings is 1. The first-order valence-corrected chi connectivity index (χ1v) is 19.7. The summed E-state index contributed by atoms with van der Waals surface area (Å²) in [6.45, 7) is 12.2. The van der Waals surface area contributed by atoms with Crippen LogP contribution in [-0.2, 0) is 28.7 Å². The van der Waals surface area contributed by atoms with Crippen LogP contribution in [0.1, 0.15) is 91.6 Å². The van der Waals surface area contributed by atoms with Gasteiger partial charge in [0.05, 0.1) is 16.7 Å². The fraction of sp³-hybridized carbons (Fsp3) is 0.629. The van der Waals surface area contributed by atoms with Gasteiger partial charge in [0.2, 0.25) is 29.3 Å². The van der Waals surface area contributed by atoms with E-state index in [-0.39, 0.29) is 18.8 Å². The number of hydrogen-bond acceptors (Lipinski definition) is 12. The molecule has 2 aliphatic heterocycles. The smallest absolute Gasteiger partial charge is 0.408 e. The van der Waals surface area contributed by atoms with Gasteiger partial charge in [0.15, 0.2) is 0 Å². The van der Waals surface area contributed by atoms with Gasteiger partial charge in [-0.1, -0.05) is 69.7 Å². The SMILES string of the molecule is CCCC(NC(=O)[C@@H]1CC2(CN1C(=O)[C@H](NC(=O)OC(C)(C)C)C(C)(C)C)SCCCS2)C(=O)C(=O)NCC(=O)NC(c1ccccc1)c1nn[nH]n1. The van der Waals surface area contributed by atoms with Crippen LogP contribution in [0.3, 0.4) is 0 Å². The molecule has 16 nitrogen and oxygen atoms in total. The fourth-order valence-electron chi connectivity index (χ4n) is 6.05. The molecule has 2 aliphatic rings. The summed E-state index contributed by atoms with van der Waals surface area (Å²) in [4.78, 5) is 82.4. The monoisotopic (exact) mass is 773 g/mol. The van der Waals surface area contributed by atoms with E-state index in [1.807, 2.05) is 33.8 Å². The van der Waals surface area contributed by atoms with Crippen LogP contribution in [0.2, 0.25) is 0 Å². The second kappa shape index (κ2) is 17.8. The number of nitrogens with one attached hydrogen (secondary N) is 5. The van der Waals surface area contributed by atoms with E-state index in [9.17, 15) is 28.8 Å². The van der Waals surface area contributed by atoms with Crippen molar-refractivity contribution in [3.05, 3.63) is 41.7 Å². The van der Waals surface area contributed by atoms with E-state index in [0.717, 1.165) is 17.9 Å². The van der Waals surface area contributed by atoms with E-state index in [4.69, 9.17) is 4.74 Å². The lowest BCUT2D eigenvalue weighted by Crippen LogP contribution is -2.59. The highest BCUT2D eigenvalue weighted by atomic mass is 32.2. The Labute approximate surface area is 318 Å². The zero-order valence-corrected chi connectivity index (χ0v) is 32.9. The minimum Gasteiger partial charge on any atom is -0.444 e. The average Bonchev–Trinajstić information content (AvgIpc) is 3.76. The molecule has 3 heterocycles. The lowest BCUT2D eigenvalue weighted by molar-refractivity contribution is -0.144. The van der Waals surface area contributed by atoms with Gasteiger partial charge in [0.1, 0.15) is 23.7 Å². The van der Waals surface area contributed by atoms with E-state index in [0.29, 0.717) is 18.4 Å². The number of aromatic amines is 1. The number of thioether (sulfide) groups is 2. The van der Waals surface area contributed by atoms with Crippen molar-refractivity contribution in [1.82, 2.24) is 46.8 Å². The van der Waals surface area contributed by atoms with Crippen LogP contribution in [0.5, 0.6) is 0 Å². The molecule has 0 bridgehead atoms. The molecule has 1 aromatic carbocycles. The van der Waals surface area contributed by atoms with Crippen molar-refractivity contribution in [2.24, 2.45) is 5.41 Å². The van der Waals surface area contributed by atoms with Crippen LogP contribution in [0.25, 0.3) is 0 Å². The number of ketones is 1. The summed E-state index contributed by atoms with van der Waals surface area (Å²) in [5.74, 6) is -1.64. The van der Waals surface area contributed by atoms with E-state index in [1.165, 1.54) is 4.90 Å². The lowest BCUT2D eigenvalue weighted by atomic mass is 9.85. The maximum Gasteiger partial charge on any atom is 0.408 e. The van der Waals surface area contributed by atoms with Crippen molar-refractivity contribution >= 4 is 59.0 Å². The third-order valence-electron chi connectivity index (χ3n) is 8.57. The Bertz CT molecular complexity index is 1610. The van der Waals surface area contributed by atoms with Crippen molar-refractivity contribution in [2.75, 3.05) is 24.6 Å². The van der Waals surface area contributed by atoms with Gasteiger partial charge in [0.25, 0.3) is 5.91 Å². The van der Waals surface area contributed by atoms with Gasteiger partial charge in [0, 0.05) is 13.0 Å². The summed E-state index contributed by atoms with van der Waals surface area (Å²) >= 11 is 3.41. The van der Waals surface area contributed by atoms with Gasteiger partial charge in [-0.3, -0.25) is 24.0 Å². The van der Waals surface area contributed by atoms with Gasteiger partial charge in [-0.2, -0.15) is 5.21 Å². The molecule has 53 heavy (non-hydrogen) atoms. The minimum absolute atomic E-state index is 0.151. The first-order chi connectivity index (χ1) is 24.9. The van der Waals surface area contributed by atoms with E-state index in [1.54, 1.807) is 68.6 Å². The lowest BCUT2D eigenvalue weighted by Gasteiger charge is -2.36. The van der Waals surface area contributed by atoms with E-state index < -0.39 is 81.3 Å². The Morgan fingerprint density at radius 1 is 1.00 bits per heavy atom. The highest BCUT2D eigenvalue weighted by Crippen LogP contribution is 2.50. The number of amides is 5. The number of alkyl carbamates (subject to hydrolysis) is 1. The van der Waals surface area contributed by atoms with Crippen molar-refractivity contribution < 1.29 is 33.5 Å². The summed E-state index contributed by atoms with van der Waals surface area (Å²) in [6, 6.07) is 4.98. The molecule has 1 aromatic heterocycles. The topological polar surface area (TPSA) is 217 Å². The number of likely N-dealkylation sites (tertiary alicyclic amines) is 1. The second-order valence-electron chi connectivity index (χ2n) is 15.2. The number of carbonyl (C=O) groups excluding carboxylic acids is 6. The normalized spacial score (nSPS) is 18.7. The molecular weight excluding hydrogens is 723 g/mol. The number of rotatable bonds is 13. The highest BCUT2D eigenvalue weighted by Gasteiger charge is 2.53. The van der Waals surface area contributed by atoms with Gasteiger partial charge in [-0.05, 0) is 56.1 Å². The van der Waals surface area contributed by atoms with E-state index >= 15 is 0 Å². The number of carbonyl (C=O) groups is 6. The second-order valence-corrected chi connectivity index (χ2v) is 18.4. The fourth-order valence-corrected chi connectivity index (χ4v) is 9.40. The van der Waals surface area contributed by atoms with Crippen molar-refractivity contribution in [2.45, 2.75) is 108 Å². The third kappa shape index (κ3) is 11.4. The number of Topliss-reactive ketones (excluding diaryl/α,β-unsaturated/α-hetero) is 1. The van der Waals surface area contributed by atoms with Gasteiger partial charge in [-0.15, -0.1) is 33.7 Å². The molecule has 0 saturated carbocycles. The van der Waals surface area contributed by atoms with Crippen LogP contribution in [-0.4, -0.2) is 113 Å². The quantitative estimate of drug-likeness (QED) is 0.186. The summed E-state index contributed by atoms with van der Waals surface area (Å²) < 4.78 is 5.01. The number of aromatic nitrogens is 4. The molecule has 2 unspecified atom stereocenters. The van der Waals surface area contributed by atoms with Crippen LogP contribution < -0.4 is 21.3 Å². The van der Waals surface area contributed by atoms with Crippen LogP contribution in [0.15, 0.2) is 30.3 Å². The Kier molecular flexibility index (Phi) is 13.9.